The zero-order chi connectivity index (χ0) is 16.7. The van der Waals surface area contributed by atoms with Gasteiger partial charge in [-0.3, -0.25) is 4.79 Å². The first kappa shape index (κ1) is 19.7. The fourth-order valence-electron chi connectivity index (χ4n) is 2.11. The van der Waals surface area contributed by atoms with Gasteiger partial charge in [-0.15, -0.1) is 0 Å². The van der Waals surface area contributed by atoms with Gasteiger partial charge in [-0.1, -0.05) is 13.3 Å². The van der Waals surface area contributed by atoms with E-state index in [1.54, 1.807) is 27.7 Å². The minimum atomic E-state index is -1.07. The molecule has 0 radical (unpaired) electrons. The van der Waals surface area contributed by atoms with Crippen LogP contribution in [-0.4, -0.2) is 40.5 Å². The van der Waals surface area contributed by atoms with Crippen molar-refractivity contribution in [3.8, 4) is 0 Å². The minimum absolute atomic E-state index is 0.00218. The molecule has 1 amide bonds. The topological polar surface area (TPSA) is 95.9 Å². The molecule has 0 fully saturated rings. The highest BCUT2D eigenvalue weighted by atomic mass is 16.6. The van der Waals surface area contributed by atoms with Crippen molar-refractivity contribution in [1.82, 2.24) is 5.32 Å². The monoisotopic (exact) mass is 303 g/mol. The number of carboxylic acids is 1. The maximum Gasteiger partial charge on any atom is 0.407 e. The van der Waals surface area contributed by atoms with Crippen LogP contribution in [0.15, 0.2) is 0 Å². The SMILES string of the molecule is CCCC(CCC(C)O)(CNC(=O)OC(C)(C)C)C(=O)O. The van der Waals surface area contributed by atoms with Crippen LogP contribution < -0.4 is 5.32 Å². The van der Waals surface area contributed by atoms with Crippen molar-refractivity contribution in [2.45, 2.75) is 72.0 Å². The van der Waals surface area contributed by atoms with Crippen LogP contribution in [0.5, 0.6) is 0 Å². The lowest BCUT2D eigenvalue weighted by Gasteiger charge is -2.30. The van der Waals surface area contributed by atoms with E-state index >= 15 is 0 Å². The number of carbonyl (C=O) groups excluding carboxylic acids is 1. The summed E-state index contributed by atoms with van der Waals surface area (Å²) in [5.41, 5.74) is -1.69. The molecule has 2 unspecified atom stereocenters. The number of rotatable bonds is 8. The summed E-state index contributed by atoms with van der Waals surface area (Å²) in [5, 5.41) is 21.5. The van der Waals surface area contributed by atoms with Crippen LogP contribution in [0, 0.1) is 5.41 Å². The summed E-state index contributed by atoms with van der Waals surface area (Å²) in [6.45, 7) is 8.76. The molecule has 0 saturated heterocycles. The van der Waals surface area contributed by atoms with E-state index in [0.717, 1.165) is 0 Å². The maximum atomic E-state index is 11.7. The van der Waals surface area contributed by atoms with E-state index in [4.69, 9.17) is 4.74 Å². The second-order valence-electron chi connectivity index (χ2n) is 6.58. The number of hydrogen-bond donors (Lipinski definition) is 3. The van der Waals surface area contributed by atoms with Gasteiger partial charge in [0.1, 0.15) is 5.60 Å². The van der Waals surface area contributed by atoms with Crippen LogP contribution in [-0.2, 0) is 9.53 Å². The Hall–Kier alpha value is -1.30. The highest BCUT2D eigenvalue weighted by molar-refractivity contribution is 5.76. The van der Waals surface area contributed by atoms with E-state index in [-0.39, 0.29) is 6.54 Å². The molecule has 6 heteroatoms. The zero-order valence-electron chi connectivity index (χ0n) is 13.7. The zero-order valence-corrected chi connectivity index (χ0v) is 13.7. The van der Waals surface area contributed by atoms with Crippen LogP contribution in [0.3, 0.4) is 0 Å². The molecule has 0 aromatic rings. The van der Waals surface area contributed by atoms with Crippen molar-refractivity contribution < 1.29 is 24.5 Å². The van der Waals surface area contributed by atoms with Gasteiger partial charge < -0.3 is 20.3 Å². The molecule has 2 atom stereocenters. The Labute approximate surface area is 126 Å². The first-order valence-electron chi connectivity index (χ1n) is 7.41. The van der Waals surface area contributed by atoms with Gasteiger partial charge in [-0.2, -0.15) is 0 Å². The summed E-state index contributed by atoms with van der Waals surface area (Å²) >= 11 is 0. The molecule has 3 N–H and O–H groups in total. The first-order valence-corrected chi connectivity index (χ1v) is 7.41. The second-order valence-corrected chi connectivity index (χ2v) is 6.58. The molecule has 0 aliphatic rings. The Morgan fingerprint density at radius 3 is 2.19 bits per heavy atom. The van der Waals surface area contributed by atoms with Crippen LogP contribution in [0.1, 0.15) is 60.3 Å². The third kappa shape index (κ3) is 7.90. The smallest absolute Gasteiger partial charge is 0.407 e. The van der Waals surface area contributed by atoms with E-state index in [2.05, 4.69) is 5.32 Å². The van der Waals surface area contributed by atoms with Gasteiger partial charge >= 0.3 is 12.1 Å². The molecule has 0 rings (SSSR count). The average Bonchev–Trinajstić information content (AvgIpc) is 2.30. The molecule has 124 valence electrons. The van der Waals surface area contributed by atoms with Gasteiger partial charge in [0.2, 0.25) is 0 Å². The highest BCUT2D eigenvalue weighted by Crippen LogP contribution is 2.30. The van der Waals surface area contributed by atoms with Gasteiger partial charge in [0.05, 0.1) is 11.5 Å². The summed E-state index contributed by atoms with van der Waals surface area (Å²) in [4.78, 5) is 23.3. The number of ether oxygens (including phenoxy) is 1. The minimum Gasteiger partial charge on any atom is -0.481 e. The molecular weight excluding hydrogens is 274 g/mol. The molecule has 0 aromatic heterocycles. The molecule has 0 aliphatic carbocycles. The standard InChI is InChI=1S/C15H29NO5/c1-6-8-15(12(18)19,9-7-11(2)17)10-16-13(20)21-14(3,4)5/h11,17H,6-10H2,1-5H3,(H,16,20)(H,18,19). The lowest BCUT2D eigenvalue weighted by atomic mass is 9.78. The van der Waals surface area contributed by atoms with E-state index < -0.39 is 29.2 Å². The fraction of sp³-hybridized carbons (Fsp3) is 0.867. The Morgan fingerprint density at radius 2 is 1.81 bits per heavy atom. The van der Waals surface area contributed by atoms with Gasteiger partial charge in [0, 0.05) is 6.54 Å². The number of aliphatic hydroxyl groups is 1. The van der Waals surface area contributed by atoms with Crippen molar-refractivity contribution in [2.75, 3.05) is 6.54 Å². The van der Waals surface area contributed by atoms with Crippen molar-refractivity contribution in [3.63, 3.8) is 0 Å². The van der Waals surface area contributed by atoms with Crippen LogP contribution in [0.25, 0.3) is 0 Å². The lowest BCUT2D eigenvalue weighted by Crippen LogP contribution is -2.45. The number of hydrogen-bond acceptors (Lipinski definition) is 4. The summed E-state index contributed by atoms with van der Waals surface area (Å²) in [7, 11) is 0. The van der Waals surface area contributed by atoms with Gasteiger partial charge in [0.25, 0.3) is 0 Å². The first-order chi connectivity index (χ1) is 9.52. The molecule has 0 spiro atoms. The molecule has 0 heterocycles. The normalized spacial score (nSPS) is 15.9. The molecule has 0 aromatic carbocycles. The van der Waals surface area contributed by atoms with Crippen LogP contribution in [0.2, 0.25) is 0 Å². The molecule has 6 nitrogen and oxygen atoms in total. The number of aliphatic carboxylic acids is 1. The average molecular weight is 303 g/mol. The molecule has 0 aliphatic heterocycles. The highest BCUT2D eigenvalue weighted by Gasteiger charge is 2.38. The molecule has 0 saturated carbocycles. The van der Waals surface area contributed by atoms with Crippen molar-refractivity contribution in [2.24, 2.45) is 5.41 Å². The Morgan fingerprint density at radius 1 is 1.24 bits per heavy atom. The maximum absolute atomic E-state index is 11.7. The number of amides is 1. The third-order valence-electron chi connectivity index (χ3n) is 3.19. The number of alkyl carbamates (subject to hydrolysis) is 1. The number of nitrogens with one attached hydrogen (secondary N) is 1. The largest absolute Gasteiger partial charge is 0.481 e. The number of carboxylic acid groups (broad SMARTS) is 1. The van der Waals surface area contributed by atoms with Crippen LogP contribution >= 0.6 is 0 Å². The summed E-state index contributed by atoms with van der Waals surface area (Å²) in [6.07, 6.45) is 0.613. The Balaban J connectivity index is 4.80. The summed E-state index contributed by atoms with van der Waals surface area (Å²) < 4.78 is 5.12. The quantitative estimate of drug-likeness (QED) is 0.640. The predicted molar refractivity (Wildman–Crippen MR) is 80.1 cm³/mol. The number of aliphatic hydroxyl groups excluding tert-OH is 1. The van der Waals surface area contributed by atoms with Crippen LogP contribution in [0.4, 0.5) is 4.79 Å². The molecule has 0 bridgehead atoms. The van der Waals surface area contributed by atoms with Crippen molar-refractivity contribution in [3.05, 3.63) is 0 Å². The predicted octanol–water partition coefficient (Wildman–Crippen LogP) is 2.54. The fourth-order valence-corrected chi connectivity index (χ4v) is 2.11. The summed E-state index contributed by atoms with van der Waals surface area (Å²) in [5.74, 6) is -0.957. The van der Waals surface area contributed by atoms with Gasteiger partial charge in [-0.25, -0.2) is 4.79 Å². The van der Waals surface area contributed by atoms with Crippen molar-refractivity contribution in [1.29, 1.82) is 0 Å². The molecular formula is C15H29NO5. The second kappa shape index (κ2) is 8.22. The van der Waals surface area contributed by atoms with Gasteiger partial charge in [0.15, 0.2) is 0 Å². The number of carbonyl (C=O) groups is 2. The Kier molecular flexibility index (Phi) is 7.71. The Bertz CT molecular complexity index is 348. The van der Waals surface area contributed by atoms with E-state index in [9.17, 15) is 19.8 Å². The van der Waals surface area contributed by atoms with Crippen molar-refractivity contribution >= 4 is 12.1 Å². The summed E-state index contributed by atoms with van der Waals surface area (Å²) in [6, 6.07) is 0. The van der Waals surface area contributed by atoms with Gasteiger partial charge in [-0.05, 0) is 47.0 Å². The molecule has 21 heavy (non-hydrogen) atoms. The van der Waals surface area contributed by atoms with E-state index in [1.807, 2.05) is 6.92 Å². The lowest BCUT2D eigenvalue weighted by molar-refractivity contribution is -0.150. The third-order valence-corrected chi connectivity index (χ3v) is 3.19. The van der Waals surface area contributed by atoms with E-state index in [0.29, 0.717) is 25.7 Å². The van der Waals surface area contributed by atoms with E-state index in [1.165, 1.54) is 0 Å².